The molecule has 2 rings (SSSR count). The predicted molar refractivity (Wildman–Crippen MR) is 76.7 cm³/mol. The third-order valence-corrected chi connectivity index (χ3v) is 3.79. The molecule has 0 unspecified atom stereocenters. The van der Waals surface area contributed by atoms with Gasteiger partial charge in [-0.05, 0) is 40.2 Å². The topological polar surface area (TPSA) is 29.1 Å². The van der Waals surface area contributed by atoms with Gasteiger partial charge in [0.05, 0.1) is 5.02 Å². The first-order chi connectivity index (χ1) is 9.08. The molecular weight excluding hydrogens is 333 g/mol. The molecule has 0 bridgehead atoms. The quantitative estimate of drug-likeness (QED) is 0.891. The highest BCUT2D eigenvalue weighted by atomic mass is 79.9. The van der Waals surface area contributed by atoms with E-state index in [9.17, 15) is 9.18 Å². The average molecular weight is 343 g/mol. The van der Waals surface area contributed by atoms with Crippen LogP contribution in [0.4, 0.5) is 4.39 Å². The van der Waals surface area contributed by atoms with Gasteiger partial charge >= 0.3 is 0 Å². The van der Waals surface area contributed by atoms with Gasteiger partial charge in [0.2, 0.25) is 0 Å². The minimum Gasteiger partial charge on any atom is -0.348 e. The SMILES string of the molecule is O=C(NCc1ccccc1F)c1ccc(Cl)c(Br)c1. The molecule has 0 aromatic heterocycles. The van der Waals surface area contributed by atoms with Crippen LogP contribution in [0.25, 0.3) is 0 Å². The number of carbonyl (C=O) groups excluding carboxylic acids is 1. The van der Waals surface area contributed by atoms with E-state index in [0.29, 0.717) is 20.6 Å². The van der Waals surface area contributed by atoms with Crippen LogP contribution in [-0.4, -0.2) is 5.91 Å². The number of benzene rings is 2. The van der Waals surface area contributed by atoms with E-state index in [1.165, 1.54) is 6.07 Å². The lowest BCUT2D eigenvalue weighted by atomic mass is 10.2. The zero-order valence-electron chi connectivity index (χ0n) is 9.79. The summed E-state index contributed by atoms with van der Waals surface area (Å²) in [4.78, 5) is 11.9. The second kappa shape index (κ2) is 6.17. The second-order valence-electron chi connectivity index (χ2n) is 3.90. The van der Waals surface area contributed by atoms with Crippen LogP contribution in [0.3, 0.4) is 0 Å². The molecule has 0 atom stereocenters. The minimum atomic E-state index is -0.333. The molecule has 0 spiro atoms. The Labute approximate surface area is 123 Å². The van der Waals surface area contributed by atoms with E-state index in [2.05, 4.69) is 21.2 Å². The van der Waals surface area contributed by atoms with Crippen molar-refractivity contribution in [3.63, 3.8) is 0 Å². The standard InChI is InChI=1S/C14H10BrClFNO/c15-11-7-9(5-6-12(11)16)14(19)18-8-10-3-1-2-4-13(10)17/h1-7H,8H2,(H,18,19). The first-order valence-corrected chi connectivity index (χ1v) is 6.71. The third kappa shape index (κ3) is 3.55. The fraction of sp³-hybridized carbons (Fsp3) is 0.0714. The van der Waals surface area contributed by atoms with Crippen LogP contribution >= 0.6 is 27.5 Å². The molecule has 5 heteroatoms. The van der Waals surface area contributed by atoms with Crippen molar-refractivity contribution in [2.45, 2.75) is 6.54 Å². The Hall–Kier alpha value is -1.39. The number of rotatable bonds is 3. The Balaban J connectivity index is 2.05. The Morgan fingerprint density at radius 1 is 1.26 bits per heavy atom. The van der Waals surface area contributed by atoms with Gasteiger partial charge in [-0.15, -0.1) is 0 Å². The summed E-state index contributed by atoms with van der Waals surface area (Å²) in [5, 5.41) is 3.19. The smallest absolute Gasteiger partial charge is 0.251 e. The summed E-state index contributed by atoms with van der Waals surface area (Å²) in [6.45, 7) is 0.145. The van der Waals surface area contributed by atoms with Crippen LogP contribution in [0.1, 0.15) is 15.9 Å². The molecule has 0 saturated heterocycles. The fourth-order valence-electron chi connectivity index (χ4n) is 1.56. The van der Waals surface area contributed by atoms with Crippen molar-refractivity contribution in [2.24, 2.45) is 0 Å². The number of nitrogens with one attached hydrogen (secondary N) is 1. The summed E-state index contributed by atoms with van der Waals surface area (Å²) >= 11 is 9.10. The normalized spacial score (nSPS) is 10.3. The zero-order valence-corrected chi connectivity index (χ0v) is 12.1. The Kier molecular flexibility index (Phi) is 4.56. The molecule has 98 valence electrons. The molecule has 0 fully saturated rings. The van der Waals surface area contributed by atoms with E-state index >= 15 is 0 Å². The number of hydrogen-bond donors (Lipinski definition) is 1. The maximum Gasteiger partial charge on any atom is 0.251 e. The lowest BCUT2D eigenvalue weighted by Gasteiger charge is -2.07. The molecule has 19 heavy (non-hydrogen) atoms. The van der Waals surface area contributed by atoms with E-state index in [1.54, 1.807) is 36.4 Å². The van der Waals surface area contributed by atoms with Crippen molar-refractivity contribution >= 4 is 33.4 Å². The average Bonchev–Trinajstić information content (AvgIpc) is 2.40. The highest BCUT2D eigenvalue weighted by Crippen LogP contribution is 2.23. The van der Waals surface area contributed by atoms with Crippen molar-refractivity contribution in [2.75, 3.05) is 0 Å². The molecule has 0 aliphatic heterocycles. The summed E-state index contributed by atoms with van der Waals surface area (Å²) < 4.78 is 14.0. The molecule has 1 N–H and O–H groups in total. The van der Waals surface area contributed by atoms with Crippen LogP contribution in [0.5, 0.6) is 0 Å². The van der Waals surface area contributed by atoms with Crippen molar-refractivity contribution in [1.82, 2.24) is 5.32 Å². The molecule has 0 aliphatic carbocycles. The highest BCUT2D eigenvalue weighted by Gasteiger charge is 2.08. The van der Waals surface area contributed by atoms with E-state index in [0.717, 1.165) is 0 Å². The monoisotopic (exact) mass is 341 g/mol. The largest absolute Gasteiger partial charge is 0.348 e. The molecule has 2 nitrogen and oxygen atoms in total. The van der Waals surface area contributed by atoms with Crippen LogP contribution in [-0.2, 0) is 6.54 Å². The summed E-state index contributed by atoms with van der Waals surface area (Å²) in [6.07, 6.45) is 0. The van der Waals surface area contributed by atoms with Crippen LogP contribution in [0, 0.1) is 5.82 Å². The lowest BCUT2D eigenvalue weighted by molar-refractivity contribution is 0.0950. The van der Waals surface area contributed by atoms with E-state index in [-0.39, 0.29) is 18.3 Å². The van der Waals surface area contributed by atoms with Gasteiger partial charge in [-0.25, -0.2) is 4.39 Å². The molecule has 2 aromatic carbocycles. The Morgan fingerprint density at radius 2 is 2.00 bits per heavy atom. The third-order valence-electron chi connectivity index (χ3n) is 2.58. The summed E-state index contributed by atoms with van der Waals surface area (Å²) in [5.74, 6) is -0.610. The van der Waals surface area contributed by atoms with Crippen molar-refractivity contribution in [1.29, 1.82) is 0 Å². The minimum absolute atomic E-state index is 0.145. The maximum atomic E-state index is 13.4. The van der Waals surface area contributed by atoms with E-state index < -0.39 is 0 Å². The van der Waals surface area contributed by atoms with Crippen LogP contribution in [0.2, 0.25) is 5.02 Å². The van der Waals surface area contributed by atoms with Gasteiger partial charge in [0.15, 0.2) is 0 Å². The Morgan fingerprint density at radius 3 is 2.68 bits per heavy atom. The van der Waals surface area contributed by atoms with Gasteiger partial charge < -0.3 is 5.32 Å². The zero-order chi connectivity index (χ0) is 13.8. The van der Waals surface area contributed by atoms with Crippen molar-refractivity contribution in [3.8, 4) is 0 Å². The number of hydrogen-bond acceptors (Lipinski definition) is 1. The van der Waals surface area contributed by atoms with Gasteiger partial charge in [0.1, 0.15) is 5.82 Å². The molecule has 0 saturated carbocycles. The summed E-state index contributed by atoms with van der Waals surface area (Å²) in [7, 11) is 0. The maximum absolute atomic E-state index is 13.4. The van der Waals surface area contributed by atoms with Crippen LogP contribution < -0.4 is 5.32 Å². The lowest BCUT2D eigenvalue weighted by Crippen LogP contribution is -2.23. The molecule has 0 radical (unpaired) electrons. The first kappa shape index (κ1) is 14.0. The highest BCUT2D eigenvalue weighted by molar-refractivity contribution is 9.10. The van der Waals surface area contributed by atoms with Crippen LogP contribution in [0.15, 0.2) is 46.9 Å². The molecule has 0 heterocycles. The number of halogens is 3. The fourth-order valence-corrected chi connectivity index (χ4v) is 2.05. The van der Waals surface area contributed by atoms with Gasteiger partial charge in [-0.3, -0.25) is 4.79 Å². The number of amides is 1. The molecule has 0 aliphatic rings. The van der Waals surface area contributed by atoms with E-state index in [4.69, 9.17) is 11.6 Å². The van der Waals surface area contributed by atoms with Crippen molar-refractivity contribution < 1.29 is 9.18 Å². The summed E-state index contributed by atoms with van der Waals surface area (Å²) in [6, 6.07) is 11.2. The number of carbonyl (C=O) groups is 1. The van der Waals surface area contributed by atoms with Gasteiger partial charge in [-0.2, -0.15) is 0 Å². The molecular formula is C14H10BrClFNO. The Bertz CT molecular complexity index is 618. The van der Waals surface area contributed by atoms with E-state index in [1.807, 2.05) is 0 Å². The first-order valence-electron chi connectivity index (χ1n) is 5.54. The van der Waals surface area contributed by atoms with Crippen molar-refractivity contribution in [3.05, 3.63) is 68.9 Å². The van der Waals surface area contributed by atoms with Gasteiger partial charge in [0, 0.05) is 22.1 Å². The molecule has 2 aromatic rings. The predicted octanol–water partition coefficient (Wildman–Crippen LogP) is 4.17. The summed E-state index contributed by atoms with van der Waals surface area (Å²) in [5.41, 5.74) is 0.913. The van der Waals surface area contributed by atoms with Gasteiger partial charge in [0.25, 0.3) is 5.91 Å². The molecule has 1 amide bonds. The second-order valence-corrected chi connectivity index (χ2v) is 5.16. The van der Waals surface area contributed by atoms with Gasteiger partial charge in [-0.1, -0.05) is 29.8 Å².